The standard InChI is InChI=1S/C15H18N2O2/c1-10-4-5-12(6-11(10)2)7-14(18)13-8-15(19-3)17-9-16-13/h4-6,8-9,14,18H,7H2,1-3H3. The van der Waals surface area contributed by atoms with E-state index in [4.69, 9.17) is 4.74 Å². The molecule has 0 aliphatic carbocycles. The van der Waals surface area contributed by atoms with Crippen LogP contribution in [0.1, 0.15) is 28.5 Å². The quantitative estimate of drug-likeness (QED) is 0.914. The zero-order chi connectivity index (χ0) is 13.8. The molecule has 2 aromatic rings. The van der Waals surface area contributed by atoms with Gasteiger partial charge in [-0.1, -0.05) is 18.2 Å². The average molecular weight is 258 g/mol. The van der Waals surface area contributed by atoms with E-state index in [1.54, 1.807) is 13.2 Å². The van der Waals surface area contributed by atoms with Crippen LogP contribution >= 0.6 is 0 Å². The molecule has 0 bridgehead atoms. The molecule has 1 aromatic carbocycles. The summed E-state index contributed by atoms with van der Waals surface area (Å²) in [6, 6.07) is 7.85. The lowest BCUT2D eigenvalue weighted by Gasteiger charge is -2.12. The largest absolute Gasteiger partial charge is 0.481 e. The highest BCUT2D eigenvalue weighted by Crippen LogP contribution is 2.20. The number of aliphatic hydroxyl groups is 1. The molecular formula is C15H18N2O2. The van der Waals surface area contributed by atoms with Crippen molar-refractivity contribution >= 4 is 0 Å². The molecule has 0 fully saturated rings. The highest BCUT2D eigenvalue weighted by atomic mass is 16.5. The Morgan fingerprint density at radius 1 is 1.16 bits per heavy atom. The van der Waals surface area contributed by atoms with Crippen LogP contribution in [0.2, 0.25) is 0 Å². The highest BCUT2D eigenvalue weighted by Gasteiger charge is 2.12. The van der Waals surface area contributed by atoms with Gasteiger partial charge in [-0.25, -0.2) is 9.97 Å². The molecule has 1 aromatic heterocycles. The first-order valence-electron chi connectivity index (χ1n) is 6.20. The van der Waals surface area contributed by atoms with E-state index in [-0.39, 0.29) is 0 Å². The van der Waals surface area contributed by atoms with Crippen LogP contribution in [-0.2, 0) is 6.42 Å². The predicted octanol–water partition coefficient (Wildman–Crippen LogP) is 2.38. The average Bonchev–Trinajstić information content (AvgIpc) is 2.43. The van der Waals surface area contributed by atoms with E-state index in [9.17, 15) is 5.11 Å². The maximum absolute atomic E-state index is 10.2. The summed E-state index contributed by atoms with van der Waals surface area (Å²) in [7, 11) is 1.54. The molecule has 0 saturated carbocycles. The first kappa shape index (κ1) is 13.5. The smallest absolute Gasteiger partial charge is 0.216 e. The number of aryl methyl sites for hydroxylation is 2. The minimum atomic E-state index is -0.654. The van der Waals surface area contributed by atoms with Crippen LogP contribution in [-0.4, -0.2) is 22.2 Å². The molecule has 0 radical (unpaired) electrons. The lowest BCUT2D eigenvalue weighted by molar-refractivity contribution is 0.172. The first-order chi connectivity index (χ1) is 9.10. The summed E-state index contributed by atoms with van der Waals surface area (Å²) in [5.41, 5.74) is 4.14. The third-order valence-electron chi connectivity index (χ3n) is 3.21. The van der Waals surface area contributed by atoms with Crippen LogP contribution in [0, 0.1) is 13.8 Å². The lowest BCUT2D eigenvalue weighted by Crippen LogP contribution is -2.05. The van der Waals surface area contributed by atoms with E-state index < -0.39 is 6.10 Å². The number of rotatable bonds is 4. The van der Waals surface area contributed by atoms with Crippen molar-refractivity contribution in [1.29, 1.82) is 0 Å². The molecule has 0 saturated heterocycles. The van der Waals surface area contributed by atoms with Crippen molar-refractivity contribution in [2.45, 2.75) is 26.4 Å². The Morgan fingerprint density at radius 3 is 2.63 bits per heavy atom. The summed E-state index contributed by atoms with van der Waals surface area (Å²) in [4.78, 5) is 8.01. The fourth-order valence-electron chi connectivity index (χ4n) is 1.91. The van der Waals surface area contributed by atoms with Crippen molar-refractivity contribution in [3.8, 4) is 5.88 Å². The molecular weight excluding hydrogens is 240 g/mol. The van der Waals surface area contributed by atoms with Crippen LogP contribution in [0.25, 0.3) is 0 Å². The van der Waals surface area contributed by atoms with Crippen molar-refractivity contribution in [3.63, 3.8) is 0 Å². The Labute approximate surface area is 113 Å². The van der Waals surface area contributed by atoms with Crippen LogP contribution in [0.4, 0.5) is 0 Å². The molecule has 0 aliphatic heterocycles. The van der Waals surface area contributed by atoms with E-state index in [1.165, 1.54) is 17.5 Å². The summed E-state index contributed by atoms with van der Waals surface area (Å²) in [6.07, 6.45) is 1.28. The van der Waals surface area contributed by atoms with E-state index in [0.29, 0.717) is 18.0 Å². The van der Waals surface area contributed by atoms with E-state index >= 15 is 0 Å². The number of benzene rings is 1. The number of nitrogens with zero attached hydrogens (tertiary/aromatic N) is 2. The molecule has 1 N–H and O–H groups in total. The van der Waals surface area contributed by atoms with Gasteiger partial charge in [0.1, 0.15) is 12.4 Å². The minimum absolute atomic E-state index is 0.462. The number of methoxy groups -OCH3 is 1. The van der Waals surface area contributed by atoms with Crippen LogP contribution in [0.3, 0.4) is 0 Å². The Balaban J connectivity index is 2.15. The Morgan fingerprint density at radius 2 is 1.95 bits per heavy atom. The second-order valence-corrected chi connectivity index (χ2v) is 4.62. The second kappa shape index (κ2) is 5.80. The monoisotopic (exact) mass is 258 g/mol. The maximum Gasteiger partial charge on any atom is 0.216 e. The molecule has 4 nitrogen and oxygen atoms in total. The van der Waals surface area contributed by atoms with Crippen molar-refractivity contribution in [2.24, 2.45) is 0 Å². The Bertz CT molecular complexity index is 570. The maximum atomic E-state index is 10.2. The van der Waals surface area contributed by atoms with Crippen molar-refractivity contribution < 1.29 is 9.84 Å². The molecule has 1 heterocycles. The predicted molar refractivity (Wildman–Crippen MR) is 73.2 cm³/mol. The summed E-state index contributed by atoms with van der Waals surface area (Å²) in [5.74, 6) is 0.462. The number of hydrogen-bond donors (Lipinski definition) is 1. The molecule has 2 rings (SSSR count). The van der Waals surface area contributed by atoms with Crippen LogP contribution in [0.5, 0.6) is 5.88 Å². The Kier molecular flexibility index (Phi) is 4.12. The van der Waals surface area contributed by atoms with Crippen molar-refractivity contribution in [3.05, 3.63) is 53.0 Å². The zero-order valence-electron chi connectivity index (χ0n) is 11.4. The molecule has 0 spiro atoms. The van der Waals surface area contributed by atoms with Crippen LogP contribution < -0.4 is 4.74 Å². The highest BCUT2D eigenvalue weighted by molar-refractivity contribution is 5.31. The normalized spacial score (nSPS) is 12.2. The van der Waals surface area contributed by atoms with Gasteiger partial charge in [0.2, 0.25) is 5.88 Å². The first-order valence-corrected chi connectivity index (χ1v) is 6.20. The van der Waals surface area contributed by atoms with Gasteiger partial charge >= 0.3 is 0 Å². The second-order valence-electron chi connectivity index (χ2n) is 4.62. The number of ether oxygens (including phenoxy) is 1. The van der Waals surface area contributed by atoms with Gasteiger partial charge in [0.15, 0.2) is 0 Å². The molecule has 1 atom stereocenters. The van der Waals surface area contributed by atoms with Crippen molar-refractivity contribution in [2.75, 3.05) is 7.11 Å². The van der Waals surface area contributed by atoms with E-state index in [1.807, 2.05) is 6.07 Å². The lowest BCUT2D eigenvalue weighted by atomic mass is 10.0. The fraction of sp³-hybridized carbons (Fsp3) is 0.333. The summed E-state index contributed by atoms with van der Waals surface area (Å²) >= 11 is 0. The van der Waals surface area contributed by atoms with Gasteiger partial charge in [-0.05, 0) is 30.5 Å². The molecule has 4 heteroatoms. The van der Waals surface area contributed by atoms with Gasteiger partial charge < -0.3 is 9.84 Å². The fourth-order valence-corrected chi connectivity index (χ4v) is 1.91. The van der Waals surface area contributed by atoms with E-state index in [0.717, 1.165) is 5.56 Å². The molecule has 0 aliphatic rings. The van der Waals surface area contributed by atoms with Gasteiger partial charge in [-0.3, -0.25) is 0 Å². The van der Waals surface area contributed by atoms with Crippen LogP contribution in [0.15, 0.2) is 30.6 Å². The molecule has 100 valence electrons. The van der Waals surface area contributed by atoms with Gasteiger partial charge in [0.05, 0.1) is 12.8 Å². The topological polar surface area (TPSA) is 55.2 Å². The zero-order valence-corrected chi connectivity index (χ0v) is 11.4. The van der Waals surface area contributed by atoms with Gasteiger partial charge in [0, 0.05) is 12.5 Å². The van der Waals surface area contributed by atoms with Crippen molar-refractivity contribution in [1.82, 2.24) is 9.97 Å². The third kappa shape index (κ3) is 3.29. The SMILES string of the molecule is COc1cc(C(O)Cc2ccc(C)c(C)c2)ncn1. The Hall–Kier alpha value is -1.94. The molecule has 1 unspecified atom stereocenters. The molecule has 0 amide bonds. The van der Waals surface area contributed by atoms with E-state index in [2.05, 4.69) is 35.9 Å². The van der Waals surface area contributed by atoms with Gasteiger partial charge in [-0.2, -0.15) is 0 Å². The summed E-state index contributed by atoms with van der Waals surface area (Å²) in [6.45, 7) is 4.14. The number of aliphatic hydroxyl groups excluding tert-OH is 1. The van der Waals surface area contributed by atoms with Gasteiger partial charge in [-0.15, -0.1) is 0 Å². The third-order valence-corrected chi connectivity index (χ3v) is 3.21. The molecule has 19 heavy (non-hydrogen) atoms. The number of aromatic nitrogens is 2. The summed E-state index contributed by atoms with van der Waals surface area (Å²) < 4.78 is 5.03. The minimum Gasteiger partial charge on any atom is -0.481 e. The summed E-state index contributed by atoms with van der Waals surface area (Å²) in [5, 5.41) is 10.2. The number of hydrogen-bond acceptors (Lipinski definition) is 4. The van der Waals surface area contributed by atoms with Gasteiger partial charge in [0.25, 0.3) is 0 Å².